The van der Waals surface area contributed by atoms with Gasteiger partial charge in [-0.15, -0.1) is 0 Å². The molecule has 0 spiro atoms. The molecule has 2 aromatic rings. The number of anilines is 1. The molecule has 0 heterocycles. The number of ether oxygens (including phenoxy) is 1. The second-order valence-corrected chi connectivity index (χ2v) is 6.73. The molecule has 2 N–H and O–H groups in total. The zero-order chi connectivity index (χ0) is 19.3. The van der Waals surface area contributed by atoms with Gasteiger partial charge >= 0.3 is 0 Å². The fourth-order valence-electron chi connectivity index (χ4n) is 2.32. The fourth-order valence-corrected chi connectivity index (χ4v) is 2.76. The number of rotatable bonds is 6. The minimum atomic E-state index is -0.766. The predicted molar refractivity (Wildman–Crippen MR) is 101 cm³/mol. The minimum absolute atomic E-state index is 0.161. The van der Waals surface area contributed by atoms with Gasteiger partial charge in [-0.05, 0) is 65.7 Å². The number of nitrogens with one attached hydrogen (secondary N) is 2. The smallest absolute Gasteiger partial charge is 0.261 e. The van der Waals surface area contributed by atoms with Crippen LogP contribution in [0.4, 0.5) is 10.1 Å². The number of hydrogen-bond donors (Lipinski definition) is 2. The van der Waals surface area contributed by atoms with Gasteiger partial charge in [0.25, 0.3) is 5.91 Å². The summed E-state index contributed by atoms with van der Waals surface area (Å²) in [5.41, 5.74) is 1.51. The number of amides is 2. The van der Waals surface area contributed by atoms with Crippen LogP contribution in [0.3, 0.4) is 0 Å². The van der Waals surface area contributed by atoms with Gasteiger partial charge in [-0.25, -0.2) is 4.39 Å². The van der Waals surface area contributed by atoms with E-state index >= 15 is 0 Å². The highest BCUT2D eigenvalue weighted by molar-refractivity contribution is 9.10. The van der Waals surface area contributed by atoms with E-state index in [2.05, 4.69) is 26.6 Å². The molecule has 2 atom stereocenters. The van der Waals surface area contributed by atoms with Crippen LogP contribution >= 0.6 is 15.9 Å². The summed E-state index contributed by atoms with van der Waals surface area (Å²) in [5, 5.41) is 5.57. The van der Waals surface area contributed by atoms with Crippen molar-refractivity contribution in [3.8, 4) is 5.75 Å². The first kappa shape index (κ1) is 19.9. The average molecular weight is 423 g/mol. The molecule has 2 unspecified atom stereocenters. The number of halogens is 2. The lowest BCUT2D eigenvalue weighted by Gasteiger charge is -2.20. The number of hydrogen-bond acceptors (Lipinski definition) is 3. The van der Waals surface area contributed by atoms with E-state index in [9.17, 15) is 14.0 Å². The van der Waals surface area contributed by atoms with Crippen LogP contribution in [0.1, 0.15) is 32.4 Å². The molecule has 7 heteroatoms. The third-order valence-corrected chi connectivity index (χ3v) is 4.25. The molecular weight excluding hydrogens is 403 g/mol. The Morgan fingerprint density at radius 2 is 1.88 bits per heavy atom. The summed E-state index contributed by atoms with van der Waals surface area (Å²) in [6, 6.07) is 11.0. The third-order valence-electron chi connectivity index (χ3n) is 3.63. The van der Waals surface area contributed by atoms with Crippen molar-refractivity contribution in [2.45, 2.75) is 32.9 Å². The van der Waals surface area contributed by atoms with Gasteiger partial charge in [0, 0.05) is 12.6 Å². The SMILES string of the molecule is CC(=O)Nc1cccc(C(C)NC(=O)C(C)Oc2ccc(F)cc2Br)c1. The van der Waals surface area contributed by atoms with Gasteiger partial charge in [-0.3, -0.25) is 9.59 Å². The normalized spacial score (nSPS) is 12.8. The van der Waals surface area contributed by atoms with E-state index in [0.717, 1.165) is 5.56 Å². The lowest BCUT2D eigenvalue weighted by molar-refractivity contribution is -0.128. The van der Waals surface area contributed by atoms with Crippen LogP contribution in [0.5, 0.6) is 5.75 Å². The van der Waals surface area contributed by atoms with E-state index in [1.165, 1.54) is 25.1 Å². The topological polar surface area (TPSA) is 67.4 Å². The van der Waals surface area contributed by atoms with Crippen LogP contribution in [0.25, 0.3) is 0 Å². The number of carbonyl (C=O) groups is 2. The molecule has 2 amide bonds. The van der Waals surface area contributed by atoms with Gasteiger partial charge in [0.1, 0.15) is 11.6 Å². The van der Waals surface area contributed by atoms with E-state index in [-0.39, 0.29) is 17.9 Å². The van der Waals surface area contributed by atoms with Crippen LogP contribution in [0.15, 0.2) is 46.9 Å². The quantitative estimate of drug-likeness (QED) is 0.732. The van der Waals surface area contributed by atoms with Crippen molar-refractivity contribution in [2.24, 2.45) is 0 Å². The molecular formula is C19H20BrFN2O3. The Bertz CT molecular complexity index is 813. The monoisotopic (exact) mass is 422 g/mol. The Morgan fingerprint density at radius 3 is 2.54 bits per heavy atom. The average Bonchev–Trinajstić information content (AvgIpc) is 2.56. The molecule has 2 rings (SSSR count). The lowest BCUT2D eigenvalue weighted by atomic mass is 10.1. The van der Waals surface area contributed by atoms with Gasteiger partial charge in [0.15, 0.2) is 6.10 Å². The van der Waals surface area contributed by atoms with Crippen molar-refractivity contribution in [2.75, 3.05) is 5.32 Å². The highest BCUT2D eigenvalue weighted by atomic mass is 79.9. The Balaban J connectivity index is 2.00. The van der Waals surface area contributed by atoms with Crippen LogP contribution in [0, 0.1) is 5.82 Å². The maximum atomic E-state index is 13.1. The van der Waals surface area contributed by atoms with Crippen molar-refractivity contribution in [3.63, 3.8) is 0 Å². The zero-order valence-corrected chi connectivity index (χ0v) is 16.3. The summed E-state index contributed by atoms with van der Waals surface area (Å²) in [6.45, 7) is 4.89. The van der Waals surface area contributed by atoms with Gasteiger partial charge in [-0.2, -0.15) is 0 Å². The van der Waals surface area contributed by atoms with Crippen molar-refractivity contribution >= 4 is 33.4 Å². The summed E-state index contributed by atoms with van der Waals surface area (Å²) in [6.07, 6.45) is -0.766. The van der Waals surface area contributed by atoms with E-state index in [1.807, 2.05) is 13.0 Å². The first-order valence-corrected chi connectivity index (χ1v) is 8.85. The molecule has 0 bridgehead atoms. The van der Waals surface area contributed by atoms with Crippen LogP contribution in [-0.4, -0.2) is 17.9 Å². The van der Waals surface area contributed by atoms with Gasteiger partial charge in [0.05, 0.1) is 10.5 Å². The largest absolute Gasteiger partial charge is 0.480 e. The van der Waals surface area contributed by atoms with Crippen molar-refractivity contribution in [3.05, 3.63) is 58.3 Å². The van der Waals surface area contributed by atoms with Crippen molar-refractivity contribution < 1.29 is 18.7 Å². The molecule has 0 radical (unpaired) electrons. The van der Waals surface area contributed by atoms with Crippen LogP contribution in [-0.2, 0) is 9.59 Å². The third kappa shape index (κ3) is 5.56. The molecule has 0 aliphatic carbocycles. The Morgan fingerprint density at radius 1 is 1.15 bits per heavy atom. The van der Waals surface area contributed by atoms with Crippen LogP contribution < -0.4 is 15.4 Å². The van der Waals surface area contributed by atoms with Gasteiger partial charge < -0.3 is 15.4 Å². The predicted octanol–water partition coefficient (Wildman–Crippen LogP) is 4.19. The van der Waals surface area contributed by atoms with E-state index < -0.39 is 11.9 Å². The summed E-state index contributed by atoms with van der Waals surface area (Å²) in [7, 11) is 0. The number of carbonyl (C=O) groups excluding carboxylic acids is 2. The maximum Gasteiger partial charge on any atom is 0.261 e. The van der Waals surface area contributed by atoms with E-state index in [1.54, 1.807) is 25.1 Å². The molecule has 0 aliphatic heterocycles. The Labute approximate surface area is 160 Å². The van der Waals surface area contributed by atoms with E-state index in [4.69, 9.17) is 4.74 Å². The maximum absolute atomic E-state index is 13.1. The standard InChI is InChI=1S/C19H20BrFN2O3/c1-11(14-5-4-6-16(9-14)23-13(3)24)22-19(25)12(2)26-18-8-7-15(21)10-17(18)20/h4-12H,1-3H3,(H,22,25)(H,23,24). The molecule has 0 saturated heterocycles. The molecule has 138 valence electrons. The lowest BCUT2D eigenvalue weighted by Crippen LogP contribution is -2.37. The molecule has 0 aromatic heterocycles. The Kier molecular flexibility index (Phi) is 6.74. The molecule has 2 aromatic carbocycles. The summed E-state index contributed by atoms with van der Waals surface area (Å²) >= 11 is 3.21. The van der Waals surface area contributed by atoms with Crippen LogP contribution in [0.2, 0.25) is 0 Å². The highest BCUT2D eigenvalue weighted by Crippen LogP contribution is 2.26. The highest BCUT2D eigenvalue weighted by Gasteiger charge is 2.19. The molecule has 0 aliphatic rings. The van der Waals surface area contributed by atoms with Crippen molar-refractivity contribution in [1.82, 2.24) is 5.32 Å². The summed E-state index contributed by atoms with van der Waals surface area (Å²) < 4.78 is 19.2. The van der Waals surface area contributed by atoms with Gasteiger partial charge in [-0.1, -0.05) is 12.1 Å². The van der Waals surface area contributed by atoms with Gasteiger partial charge in [0.2, 0.25) is 5.91 Å². The molecule has 26 heavy (non-hydrogen) atoms. The summed E-state index contributed by atoms with van der Waals surface area (Å²) in [4.78, 5) is 23.5. The van der Waals surface area contributed by atoms with E-state index in [0.29, 0.717) is 15.9 Å². The fraction of sp³-hybridized carbons (Fsp3) is 0.263. The second-order valence-electron chi connectivity index (χ2n) is 5.87. The second kappa shape index (κ2) is 8.80. The van der Waals surface area contributed by atoms with Crippen molar-refractivity contribution in [1.29, 1.82) is 0 Å². The summed E-state index contributed by atoms with van der Waals surface area (Å²) in [5.74, 6) is -0.479. The Hall–Kier alpha value is -2.41. The first-order valence-electron chi connectivity index (χ1n) is 8.06. The molecule has 5 nitrogen and oxygen atoms in total. The zero-order valence-electron chi connectivity index (χ0n) is 14.7. The molecule has 0 saturated carbocycles. The molecule has 0 fully saturated rings. The first-order chi connectivity index (χ1) is 12.3. The number of benzene rings is 2. The minimum Gasteiger partial charge on any atom is -0.480 e.